The van der Waals surface area contributed by atoms with Gasteiger partial charge in [0.2, 0.25) is 0 Å². The highest BCUT2D eigenvalue weighted by Crippen LogP contribution is 2.35. The third-order valence-electron chi connectivity index (χ3n) is 3.56. The Balaban J connectivity index is 2.25. The zero-order valence-electron chi connectivity index (χ0n) is 11.9. The van der Waals surface area contributed by atoms with Crippen molar-refractivity contribution in [3.63, 3.8) is 0 Å². The Bertz CT molecular complexity index is 748. The molecular weight excluding hydrogens is 274 g/mol. The maximum absolute atomic E-state index is 11.5. The number of aliphatic hydroxyl groups is 1. The molecule has 0 amide bonds. The van der Waals surface area contributed by atoms with Crippen LogP contribution >= 0.6 is 0 Å². The fourth-order valence-corrected chi connectivity index (χ4v) is 2.53. The van der Waals surface area contributed by atoms with Crippen LogP contribution in [0.15, 0.2) is 67.0 Å². The summed E-state index contributed by atoms with van der Waals surface area (Å²) in [5.74, 6) is 2.94. The summed E-state index contributed by atoms with van der Waals surface area (Å²) < 4.78 is 1.54. The summed E-state index contributed by atoms with van der Waals surface area (Å²) in [4.78, 5) is 4.27. The summed E-state index contributed by atoms with van der Waals surface area (Å²) in [6.45, 7) is 0.247. The van der Waals surface area contributed by atoms with Gasteiger partial charge in [0.25, 0.3) is 0 Å². The van der Waals surface area contributed by atoms with Gasteiger partial charge in [0.15, 0.2) is 11.4 Å². The van der Waals surface area contributed by atoms with Crippen LogP contribution in [0.5, 0.6) is 0 Å². The molecule has 4 heteroatoms. The quantitative estimate of drug-likeness (QED) is 0.749. The summed E-state index contributed by atoms with van der Waals surface area (Å²) in [6.07, 6.45) is 6.80. The molecule has 0 radical (unpaired) electrons. The van der Waals surface area contributed by atoms with Crippen LogP contribution in [-0.2, 0) is 12.1 Å². The highest BCUT2D eigenvalue weighted by molar-refractivity contribution is 5.42. The number of aromatic nitrogens is 3. The predicted octanol–water partition coefficient (Wildman–Crippen LogP) is 2.20. The van der Waals surface area contributed by atoms with Crippen LogP contribution in [0.2, 0.25) is 0 Å². The molecule has 3 rings (SSSR count). The normalized spacial score (nSPS) is 11.1. The van der Waals surface area contributed by atoms with Crippen LogP contribution in [0.1, 0.15) is 17.0 Å². The molecule has 0 bridgehead atoms. The smallest absolute Gasteiger partial charge is 0.174 e. The lowest BCUT2D eigenvalue weighted by Crippen LogP contribution is -2.33. The first kappa shape index (κ1) is 14.1. The summed E-state index contributed by atoms with van der Waals surface area (Å²) in [7, 11) is 0. The van der Waals surface area contributed by atoms with Crippen LogP contribution in [0.25, 0.3) is 0 Å². The molecule has 0 aliphatic heterocycles. The van der Waals surface area contributed by atoms with Gasteiger partial charge in [-0.1, -0.05) is 66.6 Å². The SMILES string of the molecule is C#CCn1ncnc1C(O)(c1ccccc1)c1ccccc1. The number of rotatable bonds is 4. The number of terminal acetylenes is 1. The molecular formula is C18H15N3O. The summed E-state index contributed by atoms with van der Waals surface area (Å²) >= 11 is 0. The highest BCUT2D eigenvalue weighted by Gasteiger charge is 2.38. The fourth-order valence-electron chi connectivity index (χ4n) is 2.53. The molecule has 0 saturated carbocycles. The largest absolute Gasteiger partial charge is 0.373 e. The van der Waals surface area contributed by atoms with E-state index in [2.05, 4.69) is 16.0 Å². The van der Waals surface area contributed by atoms with Crippen LogP contribution < -0.4 is 0 Å². The van der Waals surface area contributed by atoms with E-state index in [1.165, 1.54) is 6.33 Å². The van der Waals surface area contributed by atoms with Gasteiger partial charge in [0, 0.05) is 0 Å². The van der Waals surface area contributed by atoms with Crippen molar-refractivity contribution in [3.05, 3.63) is 83.9 Å². The van der Waals surface area contributed by atoms with E-state index in [4.69, 9.17) is 6.42 Å². The minimum absolute atomic E-state index is 0.247. The molecule has 108 valence electrons. The lowest BCUT2D eigenvalue weighted by Gasteiger charge is -2.28. The molecule has 1 N–H and O–H groups in total. The van der Waals surface area contributed by atoms with Crippen molar-refractivity contribution in [1.82, 2.24) is 14.8 Å². The van der Waals surface area contributed by atoms with E-state index in [0.717, 1.165) is 0 Å². The Labute approximate surface area is 129 Å². The van der Waals surface area contributed by atoms with Crippen molar-refractivity contribution < 1.29 is 5.11 Å². The van der Waals surface area contributed by atoms with Gasteiger partial charge in [-0.25, -0.2) is 9.67 Å². The number of nitrogens with zero attached hydrogens (tertiary/aromatic N) is 3. The lowest BCUT2D eigenvalue weighted by molar-refractivity contribution is 0.110. The Morgan fingerprint density at radius 1 is 1.00 bits per heavy atom. The Morgan fingerprint density at radius 2 is 1.55 bits per heavy atom. The maximum Gasteiger partial charge on any atom is 0.174 e. The van der Waals surface area contributed by atoms with E-state index >= 15 is 0 Å². The zero-order valence-corrected chi connectivity index (χ0v) is 11.9. The van der Waals surface area contributed by atoms with E-state index in [1.807, 2.05) is 60.7 Å². The van der Waals surface area contributed by atoms with Crippen LogP contribution in [0.4, 0.5) is 0 Å². The van der Waals surface area contributed by atoms with Crippen molar-refractivity contribution in [1.29, 1.82) is 0 Å². The molecule has 22 heavy (non-hydrogen) atoms. The lowest BCUT2D eigenvalue weighted by atomic mass is 9.85. The fraction of sp³-hybridized carbons (Fsp3) is 0.111. The number of hydrogen-bond acceptors (Lipinski definition) is 3. The van der Waals surface area contributed by atoms with Gasteiger partial charge in [-0.05, 0) is 11.1 Å². The molecule has 0 spiro atoms. The number of hydrogen-bond donors (Lipinski definition) is 1. The molecule has 1 heterocycles. The van der Waals surface area contributed by atoms with Crippen LogP contribution in [-0.4, -0.2) is 19.9 Å². The first-order chi connectivity index (χ1) is 10.8. The van der Waals surface area contributed by atoms with Crippen molar-refractivity contribution in [2.75, 3.05) is 0 Å². The Kier molecular flexibility index (Phi) is 3.73. The molecule has 1 aromatic heterocycles. The van der Waals surface area contributed by atoms with Gasteiger partial charge in [-0.3, -0.25) is 0 Å². The summed E-state index contributed by atoms with van der Waals surface area (Å²) in [5.41, 5.74) is 0.0236. The zero-order chi connectivity index (χ0) is 15.4. The second-order valence-corrected chi connectivity index (χ2v) is 4.89. The van der Waals surface area contributed by atoms with E-state index in [0.29, 0.717) is 17.0 Å². The minimum Gasteiger partial charge on any atom is -0.373 e. The Morgan fingerprint density at radius 3 is 2.05 bits per heavy atom. The van der Waals surface area contributed by atoms with E-state index in [9.17, 15) is 5.11 Å². The average molecular weight is 289 g/mol. The maximum atomic E-state index is 11.5. The minimum atomic E-state index is -1.41. The molecule has 4 nitrogen and oxygen atoms in total. The summed E-state index contributed by atoms with van der Waals surface area (Å²) in [6, 6.07) is 18.8. The number of benzene rings is 2. The monoisotopic (exact) mass is 289 g/mol. The molecule has 0 aliphatic carbocycles. The first-order valence-corrected chi connectivity index (χ1v) is 6.92. The first-order valence-electron chi connectivity index (χ1n) is 6.92. The molecule has 3 aromatic rings. The van der Waals surface area contributed by atoms with E-state index < -0.39 is 5.60 Å². The van der Waals surface area contributed by atoms with Gasteiger partial charge in [0.05, 0.1) is 0 Å². The van der Waals surface area contributed by atoms with Gasteiger partial charge in [-0.2, -0.15) is 5.10 Å². The van der Waals surface area contributed by atoms with Crippen molar-refractivity contribution in [2.24, 2.45) is 0 Å². The molecule has 0 saturated heterocycles. The topological polar surface area (TPSA) is 50.9 Å². The molecule has 0 unspecified atom stereocenters. The molecule has 0 atom stereocenters. The van der Waals surface area contributed by atoms with Crippen molar-refractivity contribution >= 4 is 0 Å². The second-order valence-electron chi connectivity index (χ2n) is 4.89. The average Bonchev–Trinajstić information content (AvgIpc) is 3.05. The van der Waals surface area contributed by atoms with Gasteiger partial charge in [0.1, 0.15) is 12.9 Å². The summed E-state index contributed by atoms with van der Waals surface area (Å²) in [5, 5.41) is 15.7. The van der Waals surface area contributed by atoms with Gasteiger partial charge >= 0.3 is 0 Å². The van der Waals surface area contributed by atoms with E-state index in [1.54, 1.807) is 4.68 Å². The van der Waals surface area contributed by atoms with Crippen molar-refractivity contribution in [3.8, 4) is 12.3 Å². The van der Waals surface area contributed by atoms with Crippen LogP contribution in [0, 0.1) is 12.3 Å². The Hall–Kier alpha value is -2.90. The highest BCUT2D eigenvalue weighted by atomic mass is 16.3. The van der Waals surface area contributed by atoms with E-state index in [-0.39, 0.29) is 6.54 Å². The third kappa shape index (κ3) is 2.28. The van der Waals surface area contributed by atoms with Crippen LogP contribution in [0.3, 0.4) is 0 Å². The van der Waals surface area contributed by atoms with Crippen molar-refractivity contribution in [2.45, 2.75) is 12.1 Å². The predicted molar refractivity (Wildman–Crippen MR) is 83.8 cm³/mol. The molecule has 0 fully saturated rings. The van der Waals surface area contributed by atoms with Gasteiger partial charge in [-0.15, -0.1) is 6.42 Å². The molecule has 2 aromatic carbocycles. The standard InChI is InChI=1S/C18H15N3O/c1-2-13-21-17(19-14-20-21)18(22,15-9-5-3-6-10-15)16-11-7-4-8-12-16/h1,3-12,14,22H,13H2. The van der Waals surface area contributed by atoms with Gasteiger partial charge < -0.3 is 5.11 Å². The molecule has 0 aliphatic rings. The third-order valence-corrected chi connectivity index (χ3v) is 3.56. The second kappa shape index (κ2) is 5.84.